The second-order valence-electron chi connectivity index (χ2n) is 4.22. The fraction of sp³-hybridized carbons (Fsp3) is 0.462. The van der Waals surface area contributed by atoms with Gasteiger partial charge in [0, 0.05) is 12.3 Å². The normalized spacial score (nSPS) is 12.5. The van der Waals surface area contributed by atoms with Crippen LogP contribution in [0.1, 0.15) is 25.3 Å². The van der Waals surface area contributed by atoms with Crippen molar-refractivity contribution >= 4 is 29.0 Å². The highest BCUT2D eigenvalue weighted by molar-refractivity contribution is 6.42. The molecule has 2 nitrogen and oxygen atoms in total. The van der Waals surface area contributed by atoms with E-state index in [0.717, 1.165) is 18.4 Å². The molecule has 0 aromatic heterocycles. The van der Waals surface area contributed by atoms with E-state index in [2.05, 4.69) is 0 Å². The lowest BCUT2D eigenvalue weighted by molar-refractivity contribution is -0.121. The molecule has 4 heteroatoms. The molecule has 2 N–H and O–H groups in total. The van der Waals surface area contributed by atoms with Crippen molar-refractivity contribution in [3.8, 4) is 0 Å². The molecule has 0 amide bonds. The van der Waals surface area contributed by atoms with Gasteiger partial charge in [-0.3, -0.25) is 4.79 Å². The summed E-state index contributed by atoms with van der Waals surface area (Å²) in [4.78, 5) is 11.9. The molecule has 0 fully saturated rings. The number of ketones is 1. The van der Waals surface area contributed by atoms with E-state index >= 15 is 0 Å². The van der Waals surface area contributed by atoms with E-state index in [4.69, 9.17) is 28.9 Å². The fourth-order valence-electron chi connectivity index (χ4n) is 1.61. The average molecular weight is 274 g/mol. The summed E-state index contributed by atoms with van der Waals surface area (Å²) in [5.41, 5.74) is 6.33. The average Bonchev–Trinajstić information content (AvgIpc) is 2.30. The van der Waals surface area contributed by atoms with E-state index in [-0.39, 0.29) is 11.7 Å². The first-order chi connectivity index (χ1) is 8.04. The Morgan fingerprint density at radius 1 is 1.35 bits per heavy atom. The van der Waals surface area contributed by atoms with Crippen LogP contribution in [-0.4, -0.2) is 12.3 Å². The molecule has 0 bridgehead atoms. The van der Waals surface area contributed by atoms with E-state index in [1.807, 2.05) is 13.0 Å². The molecule has 1 atom stereocenters. The monoisotopic (exact) mass is 273 g/mol. The molecule has 1 unspecified atom stereocenters. The van der Waals surface area contributed by atoms with Crippen LogP contribution in [0, 0.1) is 5.92 Å². The lowest BCUT2D eigenvalue weighted by Crippen LogP contribution is -2.15. The zero-order valence-electron chi connectivity index (χ0n) is 9.88. The number of nitrogens with two attached hydrogens (primary N) is 1. The molecule has 0 saturated carbocycles. The van der Waals surface area contributed by atoms with Gasteiger partial charge in [0.2, 0.25) is 0 Å². The Bertz CT molecular complexity index is 393. The van der Waals surface area contributed by atoms with E-state index in [1.165, 1.54) is 0 Å². The molecule has 0 aliphatic carbocycles. The van der Waals surface area contributed by atoms with Gasteiger partial charge in [0.15, 0.2) is 0 Å². The van der Waals surface area contributed by atoms with Gasteiger partial charge in [-0.15, -0.1) is 0 Å². The van der Waals surface area contributed by atoms with Crippen LogP contribution in [0.4, 0.5) is 0 Å². The van der Waals surface area contributed by atoms with Crippen molar-refractivity contribution in [2.75, 3.05) is 6.54 Å². The molecule has 1 aromatic rings. The van der Waals surface area contributed by atoms with Crippen LogP contribution in [-0.2, 0) is 11.2 Å². The molecule has 0 spiro atoms. The molecule has 0 aliphatic rings. The third-order valence-corrected chi connectivity index (χ3v) is 3.49. The predicted octanol–water partition coefficient (Wildman–Crippen LogP) is 3.48. The van der Waals surface area contributed by atoms with Gasteiger partial charge in [0.05, 0.1) is 10.0 Å². The number of benzene rings is 1. The molecule has 0 saturated heterocycles. The van der Waals surface area contributed by atoms with Gasteiger partial charge in [-0.05, 0) is 37.1 Å². The Morgan fingerprint density at radius 3 is 2.65 bits per heavy atom. The molecule has 1 aromatic carbocycles. The van der Waals surface area contributed by atoms with Crippen LogP contribution in [0.15, 0.2) is 18.2 Å². The smallest absolute Gasteiger partial charge is 0.140 e. The summed E-state index contributed by atoms with van der Waals surface area (Å²) < 4.78 is 0. The standard InChI is InChI=1S/C13H17Cl2NO/c1-9(3-2-6-16)13(17)8-10-4-5-11(14)12(15)7-10/h4-5,7,9H,2-3,6,8,16H2,1H3. The molecule has 1 rings (SSSR count). The van der Waals surface area contributed by atoms with E-state index in [0.29, 0.717) is 23.0 Å². The first kappa shape index (κ1) is 14.5. The van der Waals surface area contributed by atoms with Gasteiger partial charge in [0.1, 0.15) is 5.78 Å². The first-order valence-corrected chi connectivity index (χ1v) is 6.47. The van der Waals surface area contributed by atoms with Crippen LogP contribution in [0.5, 0.6) is 0 Å². The quantitative estimate of drug-likeness (QED) is 0.863. The molecular formula is C13H17Cl2NO. The van der Waals surface area contributed by atoms with Crippen molar-refractivity contribution in [2.24, 2.45) is 11.7 Å². The zero-order chi connectivity index (χ0) is 12.8. The molecule has 17 heavy (non-hydrogen) atoms. The minimum atomic E-state index is 0.0491. The van der Waals surface area contributed by atoms with Gasteiger partial charge in [-0.25, -0.2) is 0 Å². The van der Waals surface area contributed by atoms with Crippen LogP contribution in [0.2, 0.25) is 10.0 Å². The summed E-state index contributed by atoms with van der Waals surface area (Å²) in [6, 6.07) is 5.30. The lowest BCUT2D eigenvalue weighted by atomic mass is 9.95. The molecule has 0 aliphatic heterocycles. The summed E-state index contributed by atoms with van der Waals surface area (Å²) in [6.07, 6.45) is 2.13. The summed E-state index contributed by atoms with van der Waals surface area (Å²) in [6.45, 7) is 2.57. The predicted molar refractivity (Wildman–Crippen MR) is 72.6 cm³/mol. The number of rotatable bonds is 6. The van der Waals surface area contributed by atoms with Crippen molar-refractivity contribution in [2.45, 2.75) is 26.2 Å². The van der Waals surface area contributed by atoms with Crippen molar-refractivity contribution in [1.29, 1.82) is 0 Å². The van der Waals surface area contributed by atoms with E-state index in [1.54, 1.807) is 12.1 Å². The van der Waals surface area contributed by atoms with Gasteiger partial charge < -0.3 is 5.73 Å². The minimum absolute atomic E-state index is 0.0491. The number of carbonyl (C=O) groups excluding carboxylic acids is 1. The number of hydrogen-bond acceptors (Lipinski definition) is 2. The Labute approximate surface area is 112 Å². The summed E-state index contributed by atoms with van der Waals surface area (Å²) in [7, 11) is 0. The molecular weight excluding hydrogens is 257 g/mol. The van der Waals surface area contributed by atoms with Crippen LogP contribution < -0.4 is 5.73 Å². The van der Waals surface area contributed by atoms with Crippen LogP contribution in [0.25, 0.3) is 0 Å². The number of Topliss-reactive ketones (excluding diaryl/α,β-unsaturated/α-hetero) is 1. The third kappa shape index (κ3) is 4.66. The SMILES string of the molecule is CC(CCCN)C(=O)Cc1ccc(Cl)c(Cl)c1. The van der Waals surface area contributed by atoms with Crippen LogP contribution in [0.3, 0.4) is 0 Å². The Kier molecular flexibility index (Phi) is 5.96. The van der Waals surface area contributed by atoms with Gasteiger partial charge in [-0.1, -0.05) is 36.2 Å². The number of halogens is 2. The van der Waals surface area contributed by atoms with Crippen molar-refractivity contribution in [1.82, 2.24) is 0 Å². The highest BCUT2D eigenvalue weighted by atomic mass is 35.5. The Morgan fingerprint density at radius 2 is 2.06 bits per heavy atom. The second-order valence-corrected chi connectivity index (χ2v) is 5.04. The Balaban J connectivity index is 2.58. The van der Waals surface area contributed by atoms with Crippen molar-refractivity contribution in [3.63, 3.8) is 0 Å². The van der Waals surface area contributed by atoms with Crippen LogP contribution >= 0.6 is 23.2 Å². The van der Waals surface area contributed by atoms with Gasteiger partial charge in [-0.2, -0.15) is 0 Å². The second kappa shape index (κ2) is 7.00. The summed E-state index contributed by atoms with van der Waals surface area (Å²) >= 11 is 11.7. The highest BCUT2D eigenvalue weighted by Gasteiger charge is 2.13. The maximum absolute atomic E-state index is 11.9. The number of carbonyl (C=O) groups is 1. The number of hydrogen-bond donors (Lipinski definition) is 1. The zero-order valence-corrected chi connectivity index (χ0v) is 11.4. The molecule has 0 heterocycles. The first-order valence-electron chi connectivity index (χ1n) is 5.71. The molecule has 94 valence electrons. The van der Waals surface area contributed by atoms with Crippen molar-refractivity contribution < 1.29 is 4.79 Å². The topological polar surface area (TPSA) is 43.1 Å². The van der Waals surface area contributed by atoms with Gasteiger partial charge in [0.25, 0.3) is 0 Å². The summed E-state index contributed by atoms with van der Waals surface area (Å²) in [5, 5.41) is 1.01. The molecule has 0 radical (unpaired) electrons. The Hall–Kier alpha value is -0.570. The maximum atomic E-state index is 11.9. The highest BCUT2D eigenvalue weighted by Crippen LogP contribution is 2.23. The minimum Gasteiger partial charge on any atom is -0.330 e. The largest absolute Gasteiger partial charge is 0.330 e. The van der Waals surface area contributed by atoms with Gasteiger partial charge >= 0.3 is 0 Å². The van der Waals surface area contributed by atoms with E-state index in [9.17, 15) is 4.79 Å². The van der Waals surface area contributed by atoms with Crippen molar-refractivity contribution in [3.05, 3.63) is 33.8 Å². The maximum Gasteiger partial charge on any atom is 0.140 e. The fourth-order valence-corrected chi connectivity index (χ4v) is 1.93. The third-order valence-electron chi connectivity index (χ3n) is 2.75. The van der Waals surface area contributed by atoms with E-state index < -0.39 is 0 Å². The summed E-state index contributed by atoms with van der Waals surface area (Å²) in [5.74, 6) is 0.268. The lowest BCUT2D eigenvalue weighted by Gasteiger charge is -2.10.